The summed E-state index contributed by atoms with van der Waals surface area (Å²) < 4.78 is 0. The molecule has 6 heteroatoms. The van der Waals surface area contributed by atoms with E-state index in [1.165, 1.54) is 0 Å². The van der Waals surface area contributed by atoms with Gasteiger partial charge >= 0.3 is 6.03 Å². The van der Waals surface area contributed by atoms with Crippen LogP contribution in [0.2, 0.25) is 0 Å². The van der Waals surface area contributed by atoms with Gasteiger partial charge in [0.2, 0.25) is 0 Å². The molecule has 0 aliphatic carbocycles. The third kappa shape index (κ3) is 3.97. The molecule has 0 radical (unpaired) electrons. The molecule has 5 nitrogen and oxygen atoms in total. The lowest BCUT2D eigenvalue weighted by atomic mass is 9.94. The molecular weight excluding hydrogens is 250 g/mol. The quantitative estimate of drug-likeness (QED) is 0.649. The summed E-state index contributed by atoms with van der Waals surface area (Å²) in [7, 11) is 0. The van der Waals surface area contributed by atoms with Gasteiger partial charge in [-0.15, -0.1) is 11.3 Å². The van der Waals surface area contributed by atoms with Gasteiger partial charge in [-0.25, -0.2) is 4.79 Å². The maximum absolute atomic E-state index is 11.6. The molecule has 1 fully saturated rings. The summed E-state index contributed by atoms with van der Waals surface area (Å²) in [5.41, 5.74) is -0.807. The molecule has 100 valence electrons. The van der Waals surface area contributed by atoms with Crippen molar-refractivity contribution in [2.24, 2.45) is 0 Å². The number of amides is 2. The first kappa shape index (κ1) is 13.3. The van der Waals surface area contributed by atoms with Crippen molar-refractivity contribution in [3.63, 3.8) is 0 Å². The summed E-state index contributed by atoms with van der Waals surface area (Å²) >= 11 is 1.61. The van der Waals surface area contributed by atoms with Crippen LogP contribution in [-0.2, 0) is 6.54 Å². The lowest BCUT2D eigenvalue weighted by molar-refractivity contribution is 0.0194. The van der Waals surface area contributed by atoms with Crippen LogP contribution >= 0.6 is 11.3 Å². The van der Waals surface area contributed by atoms with Crippen LogP contribution in [0.1, 0.15) is 17.7 Å². The smallest absolute Gasteiger partial charge is 0.315 e. The fourth-order valence-electron chi connectivity index (χ4n) is 1.99. The van der Waals surface area contributed by atoms with Gasteiger partial charge in [-0.3, -0.25) is 0 Å². The fourth-order valence-corrected chi connectivity index (χ4v) is 2.64. The first-order valence-electron chi connectivity index (χ1n) is 6.15. The van der Waals surface area contributed by atoms with Crippen molar-refractivity contribution in [1.82, 2.24) is 16.0 Å². The second-order valence-corrected chi connectivity index (χ2v) is 5.65. The number of carbonyl (C=O) groups is 1. The van der Waals surface area contributed by atoms with Gasteiger partial charge in [-0.2, -0.15) is 0 Å². The molecule has 1 aromatic rings. The minimum atomic E-state index is -0.807. The number of hydrogen-bond donors (Lipinski definition) is 4. The van der Waals surface area contributed by atoms with Crippen LogP contribution in [0.4, 0.5) is 4.79 Å². The summed E-state index contributed by atoms with van der Waals surface area (Å²) in [5, 5.41) is 20.8. The average Bonchev–Trinajstić information content (AvgIpc) is 2.88. The number of aliphatic hydroxyl groups is 1. The van der Waals surface area contributed by atoms with Crippen molar-refractivity contribution in [3.8, 4) is 0 Å². The second-order valence-electron chi connectivity index (χ2n) is 4.62. The molecule has 2 amide bonds. The summed E-state index contributed by atoms with van der Waals surface area (Å²) in [5.74, 6) is 0. The van der Waals surface area contributed by atoms with E-state index in [1.807, 2.05) is 17.5 Å². The topological polar surface area (TPSA) is 73.4 Å². The number of β-amino-alcohol motifs (C(OH)–C–C–N with tert-alkyl or cyclic N) is 1. The largest absolute Gasteiger partial charge is 0.387 e. The third-order valence-electron chi connectivity index (χ3n) is 3.03. The molecule has 2 heterocycles. The van der Waals surface area contributed by atoms with Crippen molar-refractivity contribution in [1.29, 1.82) is 0 Å². The lowest BCUT2D eigenvalue weighted by Crippen LogP contribution is -2.54. The van der Waals surface area contributed by atoms with Crippen LogP contribution in [-0.4, -0.2) is 36.4 Å². The Hall–Kier alpha value is -1.11. The van der Waals surface area contributed by atoms with Gasteiger partial charge in [0.1, 0.15) is 0 Å². The van der Waals surface area contributed by atoms with Crippen molar-refractivity contribution in [2.45, 2.75) is 25.0 Å². The molecule has 0 bridgehead atoms. The zero-order valence-electron chi connectivity index (χ0n) is 10.2. The Morgan fingerprint density at radius 1 is 1.56 bits per heavy atom. The van der Waals surface area contributed by atoms with Crippen molar-refractivity contribution in [3.05, 3.63) is 22.4 Å². The molecule has 1 aliphatic rings. The number of rotatable bonds is 4. The fraction of sp³-hybridized carbons (Fsp3) is 0.583. The molecule has 0 saturated carbocycles. The minimum Gasteiger partial charge on any atom is -0.387 e. The van der Waals surface area contributed by atoms with Crippen LogP contribution in [0, 0.1) is 0 Å². The number of urea groups is 1. The molecule has 1 aromatic heterocycles. The number of hydrogen-bond acceptors (Lipinski definition) is 4. The first-order valence-corrected chi connectivity index (χ1v) is 7.03. The summed E-state index contributed by atoms with van der Waals surface area (Å²) in [6.07, 6.45) is 1.67. The first-order chi connectivity index (χ1) is 8.68. The molecule has 1 unspecified atom stereocenters. The highest BCUT2D eigenvalue weighted by atomic mass is 32.1. The van der Waals surface area contributed by atoms with Crippen LogP contribution in [0.5, 0.6) is 0 Å². The number of thiophene rings is 1. The Kier molecular flexibility index (Phi) is 4.57. The van der Waals surface area contributed by atoms with Gasteiger partial charge in [-0.05, 0) is 30.8 Å². The van der Waals surface area contributed by atoms with Gasteiger partial charge in [-0.1, -0.05) is 6.07 Å². The van der Waals surface area contributed by atoms with Gasteiger partial charge in [0.15, 0.2) is 0 Å². The monoisotopic (exact) mass is 269 g/mol. The van der Waals surface area contributed by atoms with E-state index in [0.29, 0.717) is 13.1 Å². The van der Waals surface area contributed by atoms with E-state index in [1.54, 1.807) is 11.3 Å². The molecule has 1 atom stereocenters. The third-order valence-corrected chi connectivity index (χ3v) is 3.91. The predicted octanol–water partition coefficient (Wildman–Crippen LogP) is 0.662. The highest BCUT2D eigenvalue weighted by Crippen LogP contribution is 2.14. The molecule has 1 saturated heterocycles. The summed E-state index contributed by atoms with van der Waals surface area (Å²) in [6, 6.07) is 3.70. The molecule has 4 N–H and O–H groups in total. The maximum Gasteiger partial charge on any atom is 0.315 e. The molecule has 2 rings (SSSR count). The van der Waals surface area contributed by atoms with E-state index in [4.69, 9.17) is 0 Å². The Labute approximate surface area is 111 Å². The van der Waals surface area contributed by atoms with Gasteiger partial charge < -0.3 is 21.1 Å². The van der Waals surface area contributed by atoms with E-state index in [0.717, 1.165) is 24.3 Å². The van der Waals surface area contributed by atoms with Crippen LogP contribution in [0.25, 0.3) is 0 Å². The number of carbonyl (C=O) groups excluding carboxylic acids is 1. The maximum atomic E-state index is 11.6. The van der Waals surface area contributed by atoms with Gasteiger partial charge in [0.25, 0.3) is 0 Å². The van der Waals surface area contributed by atoms with Gasteiger partial charge in [0.05, 0.1) is 12.1 Å². The summed E-state index contributed by atoms with van der Waals surface area (Å²) in [4.78, 5) is 12.7. The van der Waals surface area contributed by atoms with E-state index in [9.17, 15) is 9.90 Å². The van der Waals surface area contributed by atoms with Crippen molar-refractivity contribution >= 4 is 17.4 Å². The van der Waals surface area contributed by atoms with E-state index >= 15 is 0 Å². The number of nitrogens with one attached hydrogen (secondary N) is 3. The molecule has 0 aromatic carbocycles. The van der Waals surface area contributed by atoms with Crippen LogP contribution in [0.15, 0.2) is 17.5 Å². The Morgan fingerprint density at radius 3 is 3.11 bits per heavy atom. The molecule has 1 aliphatic heterocycles. The zero-order chi connectivity index (χ0) is 12.8. The van der Waals surface area contributed by atoms with Crippen LogP contribution < -0.4 is 16.0 Å². The Bertz CT molecular complexity index is 375. The molecule has 0 spiro atoms. The molecular formula is C12H19N3O2S. The Morgan fingerprint density at radius 2 is 2.44 bits per heavy atom. The standard InChI is InChI=1S/C12H19N3O2S/c16-11(14-7-10-3-1-6-18-10)15-9-12(17)4-2-5-13-8-12/h1,3,6,13,17H,2,4-5,7-9H2,(H2,14,15,16). The van der Waals surface area contributed by atoms with Gasteiger partial charge in [0, 0.05) is 18.0 Å². The normalized spacial score (nSPS) is 23.6. The highest BCUT2D eigenvalue weighted by Gasteiger charge is 2.29. The predicted molar refractivity (Wildman–Crippen MR) is 71.6 cm³/mol. The highest BCUT2D eigenvalue weighted by molar-refractivity contribution is 7.09. The average molecular weight is 269 g/mol. The Balaban J connectivity index is 1.68. The lowest BCUT2D eigenvalue weighted by Gasteiger charge is -2.32. The van der Waals surface area contributed by atoms with Crippen molar-refractivity contribution < 1.29 is 9.90 Å². The van der Waals surface area contributed by atoms with E-state index in [2.05, 4.69) is 16.0 Å². The van der Waals surface area contributed by atoms with Crippen molar-refractivity contribution in [2.75, 3.05) is 19.6 Å². The second kappa shape index (κ2) is 6.17. The summed E-state index contributed by atoms with van der Waals surface area (Å²) in [6.45, 7) is 2.29. The molecule has 18 heavy (non-hydrogen) atoms. The SMILES string of the molecule is O=C(NCc1cccs1)NCC1(O)CCCNC1. The van der Waals surface area contributed by atoms with E-state index < -0.39 is 5.60 Å². The zero-order valence-corrected chi connectivity index (χ0v) is 11.1. The van der Waals surface area contributed by atoms with E-state index in [-0.39, 0.29) is 12.6 Å². The minimum absolute atomic E-state index is 0.234. The van der Waals surface area contributed by atoms with Crippen LogP contribution in [0.3, 0.4) is 0 Å². The number of piperidine rings is 1.